The fourth-order valence-electron chi connectivity index (χ4n) is 4.17. The Bertz CT molecular complexity index is 664. The molecule has 0 aliphatic carbocycles. The van der Waals surface area contributed by atoms with Crippen LogP contribution >= 0.6 is 23.7 Å². The molecule has 0 unspecified atom stereocenters. The van der Waals surface area contributed by atoms with Crippen molar-refractivity contribution in [1.29, 1.82) is 0 Å². The van der Waals surface area contributed by atoms with Gasteiger partial charge < -0.3 is 30.3 Å². The fraction of sp³-hybridized carbons (Fsp3) is 0.722. The summed E-state index contributed by atoms with van der Waals surface area (Å²) in [5, 5.41) is 25.8. The topological polar surface area (TPSA) is 100 Å². The minimum atomic E-state index is -0.897. The Morgan fingerprint density at radius 2 is 2.15 bits per heavy atom. The molecule has 1 aromatic rings. The van der Waals surface area contributed by atoms with Crippen LogP contribution in [0.5, 0.6) is 0 Å². The molecule has 1 aromatic heterocycles. The lowest BCUT2D eigenvalue weighted by Gasteiger charge is -2.40. The molecule has 0 bridgehead atoms. The molecule has 4 N–H and O–H groups in total. The van der Waals surface area contributed by atoms with E-state index in [1.54, 1.807) is 0 Å². The Kier molecular flexibility index (Phi) is 6.79. The van der Waals surface area contributed by atoms with Crippen molar-refractivity contribution in [3.63, 3.8) is 0 Å². The summed E-state index contributed by atoms with van der Waals surface area (Å²) >= 11 is 1.52. The monoisotopic (exact) mass is 418 g/mol. The summed E-state index contributed by atoms with van der Waals surface area (Å²) in [7, 11) is 0. The number of hydrogen-bond acceptors (Lipinski definition) is 7. The molecule has 7 nitrogen and oxygen atoms in total. The lowest BCUT2D eigenvalue weighted by Crippen LogP contribution is -2.54. The van der Waals surface area contributed by atoms with E-state index in [0.29, 0.717) is 24.5 Å². The molecule has 0 aromatic carbocycles. The van der Waals surface area contributed by atoms with Crippen molar-refractivity contribution in [2.45, 2.75) is 49.5 Å². The summed E-state index contributed by atoms with van der Waals surface area (Å²) in [5.41, 5.74) is 0.969. The van der Waals surface area contributed by atoms with Crippen molar-refractivity contribution >= 4 is 29.7 Å². The average Bonchev–Trinajstić information content (AvgIpc) is 3.10. The molecule has 2 saturated heterocycles. The third kappa shape index (κ3) is 4.03. The summed E-state index contributed by atoms with van der Waals surface area (Å²) in [4.78, 5) is 14.6. The molecule has 4 heterocycles. The maximum absolute atomic E-state index is 12.8. The van der Waals surface area contributed by atoms with Gasteiger partial charge in [-0.15, -0.1) is 23.7 Å². The summed E-state index contributed by atoms with van der Waals surface area (Å²) in [5.74, 6) is -0.170. The Labute approximate surface area is 168 Å². The first-order chi connectivity index (χ1) is 12.6. The van der Waals surface area contributed by atoms with Crippen LogP contribution in [0.2, 0.25) is 0 Å². The fourth-order valence-corrected chi connectivity index (χ4v) is 5.48. The largest absolute Gasteiger partial charge is 0.394 e. The molecule has 9 heteroatoms. The zero-order valence-electron chi connectivity index (χ0n) is 15.1. The van der Waals surface area contributed by atoms with Gasteiger partial charge in [-0.1, -0.05) is 0 Å². The Hall–Kier alpha value is -0.740. The predicted octanol–water partition coefficient (Wildman–Crippen LogP) is 0.562. The van der Waals surface area contributed by atoms with Gasteiger partial charge in [-0.25, -0.2) is 0 Å². The van der Waals surface area contributed by atoms with Crippen LogP contribution in [0, 0.1) is 0 Å². The standard InChI is InChI=1S/C18H26N2O5S.ClH/c21-10-13-15(22)12(2-7-24-13)20-17(23)14-9-11-1-8-25-18(16(11)26-14)3-5-19-6-4-18;/h9,12-13,15,19,21-22H,1-8,10H2,(H,20,23);1H/t12-,13+,15-;/m0./s1. The second-order valence-electron chi connectivity index (χ2n) is 7.26. The molecular formula is C18H27ClN2O5S. The van der Waals surface area contributed by atoms with E-state index in [9.17, 15) is 15.0 Å². The maximum atomic E-state index is 12.8. The zero-order chi connectivity index (χ0) is 18.1. The molecule has 2 fully saturated rings. The first-order valence-electron chi connectivity index (χ1n) is 9.32. The summed E-state index contributed by atoms with van der Waals surface area (Å²) in [6.07, 6.45) is 1.69. The quantitative estimate of drug-likeness (QED) is 0.572. The first-order valence-corrected chi connectivity index (χ1v) is 10.1. The third-order valence-corrected chi connectivity index (χ3v) is 7.02. The molecule has 1 amide bonds. The SMILES string of the molecule is Cl.O=C(N[C@H]1CCO[C@H](CO)[C@H]1O)c1cc2c(s1)C1(CCNCC1)OCC2. The number of thiophene rings is 1. The molecule has 3 aliphatic rings. The van der Waals surface area contributed by atoms with Gasteiger partial charge >= 0.3 is 0 Å². The van der Waals surface area contributed by atoms with Gasteiger partial charge in [-0.2, -0.15) is 0 Å². The number of aliphatic hydroxyl groups excluding tert-OH is 2. The van der Waals surface area contributed by atoms with Gasteiger partial charge in [0.15, 0.2) is 0 Å². The van der Waals surface area contributed by atoms with Crippen molar-refractivity contribution in [2.24, 2.45) is 0 Å². The molecule has 4 rings (SSSR count). The molecule has 152 valence electrons. The van der Waals surface area contributed by atoms with Crippen LogP contribution in [0.3, 0.4) is 0 Å². The number of rotatable bonds is 3. The first kappa shape index (κ1) is 21.0. The van der Waals surface area contributed by atoms with Crippen molar-refractivity contribution in [1.82, 2.24) is 10.6 Å². The number of halogens is 1. The van der Waals surface area contributed by atoms with Crippen molar-refractivity contribution in [3.8, 4) is 0 Å². The van der Waals surface area contributed by atoms with Crippen LogP contribution in [0.1, 0.15) is 39.4 Å². The Balaban J connectivity index is 0.00000210. The van der Waals surface area contributed by atoms with E-state index in [1.807, 2.05) is 6.07 Å². The zero-order valence-corrected chi connectivity index (χ0v) is 16.7. The van der Waals surface area contributed by atoms with Gasteiger partial charge in [0.1, 0.15) is 17.8 Å². The number of hydrogen-bond donors (Lipinski definition) is 4. The second kappa shape index (κ2) is 8.73. The lowest BCUT2D eigenvalue weighted by atomic mass is 9.86. The minimum absolute atomic E-state index is 0. The number of nitrogens with one attached hydrogen (secondary N) is 2. The van der Waals surface area contributed by atoms with Gasteiger partial charge in [0.05, 0.1) is 24.1 Å². The lowest BCUT2D eigenvalue weighted by molar-refractivity contribution is -0.107. The van der Waals surface area contributed by atoms with Gasteiger partial charge in [0, 0.05) is 11.5 Å². The highest BCUT2D eigenvalue weighted by atomic mass is 35.5. The number of fused-ring (bicyclic) bond motifs is 2. The van der Waals surface area contributed by atoms with Crippen molar-refractivity contribution < 1.29 is 24.5 Å². The predicted molar refractivity (Wildman–Crippen MR) is 104 cm³/mol. The molecule has 1 spiro atoms. The van der Waals surface area contributed by atoms with E-state index < -0.39 is 18.2 Å². The molecule has 0 saturated carbocycles. The number of amides is 1. The van der Waals surface area contributed by atoms with Crippen LogP contribution in [0.15, 0.2) is 6.07 Å². The number of carbonyl (C=O) groups excluding carboxylic acids is 1. The van der Waals surface area contributed by atoms with Crippen LogP contribution in [-0.2, 0) is 21.5 Å². The molecule has 3 aliphatic heterocycles. The highest BCUT2D eigenvalue weighted by molar-refractivity contribution is 7.14. The summed E-state index contributed by atoms with van der Waals surface area (Å²) in [6.45, 7) is 2.71. The normalized spacial score (nSPS) is 29.6. The average molecular weight is 419 g/mol. The van der Waals surface area contributed by atoms with Gasteiger partial charge in [-0.05, 0) is 50.4 Å². The maximum Gasteiger partial charge on any atom is 0.261 e. The van der Waals surface area contributed by atoms with Crippen LogP contribution in [0.25, 0.3) is 0 Å². The van der Waals surface area contributed by atoms with Crippen LogP contribution < -0.4 is 10.6 Å². The van der Waals surface area contributed by atoms with Gasteiger partial charge in [0.25, 0.3) is 5.91 Å². The molecule has 0 radical (unpaired) electrons. The highest BCUT2D eigenvalue weighted by Gasteiger charge is 2.41. The van der Waals surface area contributed by atoms with E-state index in [4.69, 9.17) is 9.47 Å². The summed E-state index contributed by atoms with van der Waals surface area (Å²) < 4.78 is 11.5. The number of carbonyl (C=O) groups is 1. The molecule has 3 atom stereocenters. The smallest absolute Gasteiger partial charge is 0.261 e. The van der Waals surface area contributed by atoms with Crippen molar-refractivity contribution in [3.05, 3.63) is 21.4 Å². The highest BCUT2D eigenvalue weighted by Crippen LogP contribution is 2.44. The Morgan fingerprint density at radius 1 is 1.37 bits per heavy atom. The molecular weight excluding hydrogens is 392 g/mol. The molecule has 27 heavy (non-hydrogen) atoms. The number of piperidine rings is 1. The van der Waals surface area contributed by atoms with Crippen LogP contribution in [-0.4, -0.2) is 67.3 Å². The van der Waals surface area contributed by atoms with E-state index >= 15 is 0 Å². The van der Waals surface area contributed by atoms with Gasteiger partial charge in [0.2, 0.25) is 0 Å². The van der Waals surface area contributed by atoms with Crippen LogP contribution in [0.4, 0.5) is 0 Å². The Morgan fingerprint density at radius 3 is 2.89 bits per heavy atom. The number of ether oxygens (including phenoxy) is 2. The third-order valence-electron chi connectivity index (χ3n) is 5.66. The minimum Gasteiger partial charge on any atom is -0.394 e. The van der Waals surface area contributed by atoms with E-state index in [1.165, 1.54) is 21.8 Å². The second-order valence-corrected chi connectivity index (χ2v) is 8.31. The van der Waals surface area contributed by atoms with E-state index in [-0.39, 0.29) is 30.5 Å². The van der Waals surface area contributed by atoms with E-state index in [2.05, 4.69) is 10.6 Å². The van der Waals surface area contributed by atoms with Crippen molar-refractivity contribution in [2.75, 3.05) is 32.9 Å². The number of aliphatic hydroxyl groups is 2. The van der Waals surface area contributed by atoms with E-state index in [0.717, 1.165) is 32.4 Å². The van der Waals surface area contributed by atoms with Gasteiger partial charge in [-0.3, -0.25) is 4.79 Å². The summed E-state index contributed by atoms with van der Waals surface area (Å²) in [6, 6.07) is 1.58.